The molecule has 1 aromatic rings. The lowest BCUT2D eigenvalue weighted by Crippen LogP contribution is -2.49. The number of allylic oxidation sites excluding steroid dienone is 1. The number of rotatable bonds is 5. The zero-order valence-electron chi connectivity index (χ0n) is 17.5. The Hall–Kier alpha value is -2.41. The molecular formula is C21H28ClNO6. The number of benzene rings is 1. The van der Waals surface area contributed by atoms with Crippen molar-refractivity contribution in [1.82, 2.24) is 5.32 Å². The fourth-order valence-electron chi connectivity index (χ4n) is 3.16. The van der Waals surface area contributed by atoms with Crippen LogP contribution in [0.2, 0.25) is 5.02 Å². The van der Waals surface area contributed by atoms with Crippen LogP contribution in [0.3, 0.4) is 0 Å². The summed E-state index contributed by atoms with van der Waals surface area (Å²) in [6.45, 7) is 10.6. The molecule has 0 radical (unpaired) electrons. The van der Waals surface area contributed by atoms with E-state index in [1.807, 2.05) is 13.0 Å². The van der Waals surface area contributed by atoms with Crippen molar-refractivity contribution < 1.29 is 28.5 Å². The summed E-state index contributed by atoms with van der Waals surface area (Å²) in [4.78, 5) is 24.4. The Labute approximate surface area is 176 Å². The molecule has 2 rings (SSSR count). The molecule has 0 fully saturated rings. The molecule has 0 bridgehead atoms. The minimum Gasteiger partial charge on any atom is -0.432 e. The van der Waals surface area contributed by atoms with E-state index >= 15 is 0 Å². The molecule has 1 N–H and O–H groups in total. The third-order valence-corrected chi connectivity index (χ3v) is 4.59. The van der Waals surface area contributed by atoms with Gasteiger partial charge < -0.3 is 24.3 Å². The van der Waals surface area contributed by atoms with Gasteiger partial charge >= 0.3 is 12.3 Å². The van der Waals surface area contributed by atoms with Crippen LogP contribution in [0.5, 0.6) is 0 Å². The Morgan fingerprint density at radius 3 is 2.21 bits per heavy atom. The van der Waals surface area contributed by atoms with E-state index in [2.05, 4.69) is 5.32 Å². The predicted molar refractivity (Wildman–Crippen MR) is 109 cm³/mol. The second-order valence-electron chi connectivity index (χ2n) is 7.44. The minimum atomic E-state index is -0.841. The Morgan fingerprint density at radius 1 is 1.03 bits per heavy atom. The van der Waals surface area contributed by atoms with E-state index in [9.17, 15) is 9.59 Å². The fourth-order valence-corrected chi connectivity index (χ4v) is 3.41. The van der Waals surface area contributed by atoms with Gasteiger partial charge in [0.05, 0.1) is 24.2 Å². The first-order valence-corrected chi connectivity index (χ1v) is 9.95. The van der Waals surface area contributed by atoms with E-state index in [1.54, 1.807) is 52.8 Å². The maximum absolute atomic E-state index is 12.2. The predicted octanol–water partition coefficient (Wildman–Crippen LogP) is 5.14. The van der Waals surface area contributed by atoms with Crippen molar-refractivity contribution in [3.8, 4) is 0 Å². The van der Waals surface area contributed by atoms with Gasteiger partial charge in [-0.05, 0) is 53.2 Å². The summed E-state index contributed by atoms with van der Waals surface area (Å²) in [6, 6.07) is 6.86. The quantitative estimate of drug-likeness (QED) is 0.654. The molecule has 0 saturated carbocycles. The van der Waals surface area contributed by atoms with Crippen molar-refractivity contribution in [1.29, 1.82) is 0 Å². The lowest BCUT2D eigenvalue weighted by Gasteiger charge is -2.38. The van der Waals surface area contributed by atoms with Gasteiger partial charge in [-0.3, -0.25) is 0 Å². The monoisotopic (exact) mass is 425 g/mol. The molecule has 0 amide bonds. The first-order chi connectivity index (χ1) is 13.6. The third kappa shape index (κ3) is 6.03. The number of carbonyl (C=O) groups excluding carboxylic acids is 2. The zero-order chi connectivity index (χ0) is 21.7. The maximum Gasteiger partial charge on any atom is 0.513 e. The summed E-state index contributed by atoms with van der Waals surface area (Å²) in [5.41, 5.74) is 1.29. The SMILES string of the molecule is CC1=C(OC(=O)OC(C)C)C(c2ccccc2Cl)C(OC(=O)OC(C)C)C(C)N1. The van der Waals surface area contributed by atoms with Gasteiger partial charge in [0, 0.05) is 10.7 Å². The van der Waals surface area contributed by atoms with Gasteiger partial charge in [-0.15, -0.1) is 0 Å². The minimum absolute atomic E-state index is 0.282. The Bertz CT molecular complexity index is 776. The number of hydrogen-bond donors (Lipinski definition) is 1. The van der Waals surface area contributed by atoms with Gasteiger partial charge in [0.1, 0.15) is 11.9 Å². The van der Waals surface area contributed by atoms with Gasteiger partial charge in [0.2, 0.25) is 0 Å². The molecule has 29 heavy (non-hydrogen) atoms. The summed E-state index contributed by atoms with van der Waals surface area (Å²) >= 11 is 6.44. The van der Waals surface area contributed by atoms with Gasteiger partial charge in [-0.25, -0.2) is 9.59 Å². The molecule has 7 nitrogen and oxygen atoms in total. The molecule has 0 saturated heterocycles. The molecule has 160 valence electrons. The van der Waals surface area contributed by atoms with Crippen LogP contribution in [0, 0.1) is 0 Å². The molecule has 0 aliphatic carbocycles. The van der Waals surface area contributed by atoms with Gasteiger partial charge in [-0.2, -0.15) is 0 Å². The fraction of sp³-hybridized carbons (Fsp3) is 0.524. The number of hydrogen-bond acceptors (Lipinski definition) is 7. The molecule has 8 heteroatoms. The topological polar surface area (TPSA) is 83.1 Å². The molecule has 0 spiro atoms. The average molecular weight is 426 g/mol. The molecule has 3 unspecified atom stereocenters. The van der Waals surface area contributed by atoms with Crippen LogP contribution in [-0.2, 0) is 18.9 Å². The second kappa shape index (κ2) is 9.87. The highest BCUT2D eigenvalue weighted by Gasteiger charge is 2.42. The largest absolute Gasteiger partial charge is 0.513 e. The van der Waals surface area contributed by atoms with Crippen molar-refractivity contribution >= 4 is 23.9 Å². The van der Waals surface area contributed by atoms with Crippen molar-refractivity contribution in [3.05, 3.63) is 46.3 Å². The van der Waals surface area contributed by atoms with E-state index in [-0.39, 0.29) is 24.0 Å². The van der Waals surface area contributed by atoms with E-state index in [0.29, 0.717) is 16.3 Å². The molecule has 1 aliphatic rings. The van der Waals surface area contributed by atoms with Gasteiger partial charge in [-0.1, -0.05) is 29.8 Å². The molecule has 1 aliphatic heterocycles. The molecule has 0 aromatic heterocycles. The van der Waals surface area contributed by atoms with Gasteiger partial charge in [0.15, 0.2) is 0 Å². The standard InChI is InChI=1S/C21H28ClNO6/c1-11(2)26-20(24)28-18-13(5)23-14(6)19(29-21(25)27-12(3)4)17(18)15-9-7-8-10-16(15)22/h7-13,17-18,23H,1-6H3. The summed E-state index contributed by atoms with van der Waals surface area (Å²) in [5, 5.41) is 3.65. The molecular weight excluding hydrogens is 398 g/mol. The first kappa shape index (κ1) is 22.9. The zero-order valence-corrected chi connectivity index (χ0v) is 18.3. The number of carbonyl (C=O) groups is 2. The van der Waals surface area contributed by atoms with Crippen molar-refractivity contribution in [2.75, 3.05) is 0 Å². The van der Waals surface area contributed by atoms with Crippen LogP contribution in [0.15, 0.2) is 35.7 Å². The van der Waals surface area contributed by atoms with Crippen molar-refractivity contribution in [2.24, 2.45) is 0 Å². The van der Waals surface area contributed by atoms with Crippen LogP contribution in [0.25, 0.3) is 0 Å². The average Bonchev–Trinajstić information content (AvgIpc) is 2.59. The highest BCUT2D eigenvalue weighted by atomic mass is 35.5. The lowest BCUT2D eigenvalue weighted by molar-refractivity contribution is -0.0186. The second-order valence-corrected chi connectivity index (χ2v) is 7.85. The first-order valence-electron chi connectivity index (χ1n) is 9.57. The Balaban J connectivity index is 2.45. The molecule has 3 atom stereocenters. The van der Waals surface area contributed by atoms with E-state index < -0.39 is 24.3 Å². The number of nitrogens with one attached hydrogen (secondary N) is 1. The normalized spacial score (nSPS) is 21.6. The Morgan fingerprint density at radius 2 is 1.62 bits per heavy atom. The third-order valence-electron chi connectivity index (χ3n) is 4.25. The van der Waals surface area contributed by atoms with Crippen LogP contribution in [-0.4, -0.2) is 36.7 Å². The molecule has 1 aromatic carbocycles. The van der Waals surface area contributed by atoms with E-state index in [4.69, 9.17) is 30.5 Å². The van der Waals surface area contributed by atoms with E-state index in [1.165, 1.54) is 0 Å². The van der Waals surface area contributed by atoms with Crippen molar-refractivity contribution in [3.63, 3.8) is 0 Å². The van der Waals surface area contributed by atoms with Crippen molar-refractivity contribution in [2.45, 2.75) is 71.8 Å². The Kier molecular flexibility index (Phi) is 7.79. The van der Waals surface area contributed by atoms with Gasteiger partial charge in [0.25, 0.3) is 0 Å². The lowest BCUT2D eigenvalue weighted by atomic mass is 9.84. The van der Waals surface area contributed by atoms with Crippen LogP contribution in [0.4, 0.5) is 9.59 Å². The van der Waals surface area contributed by atoms with Crippen LogP contribution >= 0.6 is 11.6 Å². The van der Waals surface area contributed by atoms with Crippen LogP contribution < -0.4 is 5.32 Å². The van der Waals surface area contributed by atoms with E-state index in [0.717, 1.165) is 0 Å². The maximum atomic E-state index is 12.2. The smallest absolute Gasteiger partial charge is 0.432 e. The molecule has 1 heterocycles. The summed E-state index contributed by atoms with van der Waals surface area (Å²) in [7, 11) is 0. The summed E-state index contributed by atoms with van der Waals surface area (Å²) in [6.07, 6.45) is -3.05. The summed E-state index contributed by atoms with van der Waals surface area (Å²) < 4.78 is 21.4. The number of halogens is 1. The summed E-state index contributed by atoms with van der Waals surface area (Å²) in [5.74, 6) is -0.344. The highest BCUT2D eigenvalue weighted by Crippen LogP contribution is 2.40. The van der Waals surface area contributed by atoms with Crippen LogP contribution in [0.1, 0.15) is 53.0 Å². The highest BCUT2D eigenvalue weighted by molar-refractivity contribution is 6.31. The number of ether oxygens (including phenoxy) is 4.